The van der Waals surface area contributed by atoms with E-state index in [1.165, 1.54) is 0 Å². The molecule has 3 aromatic rings. The summed E-state index contributed by atoms with van der Waals surface area (Å²) >= 11 is 3.53. The Morgan fingerprint density at radius 2 is 1.82 bits per heavy atom. The minimum absolute atomic E-state index is 0.250. The molecule has 0 amide bonds. The highest BCUT2D eigenvalue weighted by molar-refractivity contribution is 9.10. The molecular formula is C21H20BrN3O3. The third-order valence-electron chi connectivity index (χ3n) is 4.20. The third kappa shape index (κ3) is 4.54. The number of hydrogen-bond donors (Lipinski definition) is 1. The Morgan fingerprint density at radius 1 is 1.11 bits per heavy atom. The van der Waals surface area contributed by atoms with Gasteiger partial charge in [-0.2, -0.15) is 0 Å². The molecule has 7 heteroatoms. The Bertz CT molecular complexity index is 1020. The van der Waals surface area contributed by atoms with Crippen LogP contribution >= 0.6 is 15.9 Å². The molecule has 0 saturated carbocycles. The van der Waals surface area contributed by atoms with Crippen molar-refractivity contribution in [3.05, 3.63) is 64.7 Å². The van der Waals surface area contributed by atoms with Crippen molar-refractivity contribution in [1.82, 2.24) is 15.0 Å². The van der Waals surface area contributed by atoms with E-state index in [2.05, 4.69) is 30.9 Å². The fourth-order valence-corrected chi connectivity index (χ4v) is 3.39. The van der Waals surface area contributed by atoms with Gasteiger partial charge in [0.15, 0.2) is 0 Å². The van der Waals surface area contributed by atoms with E-state index in [1.54, 1.807) is 26.2 Å². The Balaban J connectivity index is 2.06. The summed E-state index contributed by atoms with van der Waals surface area (Å²) in [4.78, 5) is 24.5. The number of aromatic nitrogens is 3. The molecule has 0 atom stereocenters. The monoisotopic (exact) mass is 441 g/mol. The van der Waals surface area contributed by atoms with Crippen molar-refractivity contribution in [3.63, 3.8) is 0 Å². The summed E-state index contributed by atoms with van der Waals surface area (Å²) in [6.07, 6.45) is 2.35. The van der Waals surface area contributed by atoms with Gasteiger partial charge >= 0.3 is 6.16 Å². The highest BCUT2D eigenvalue weighted by atomic mass is 79.9. The number of carboxylic acid groups (broad SMARTS) is 1. The van der Waals surface area contributed by atoms with Crippen LogP contribution in [-0.2, 0) is 11.2 Å². The summed E-state index contributed by atoms with van der Waals surface area (Å²) < 4.78 is 5.67. The average Bonchev–Trinajstić information content (AvgIpc) is 2.62. The zero-order chi connectivity index (χ0) is 20.3. The maximum absolute atomic E-state index is 10.9. The summed E-state index contributed by atoms with van der Waals surface area (Å²) in [5, 5.41) is 8.91. The Hall–Kier alpha value is -2.80. The number of pyridine rings is 1. The van der Waals surface area contributed by atoms with Crippen LogP contribution in [0.1, 0.15) is 25.2 Å². The highest BCUT2D eigenvalue weighted by Crippen LogP contribution is 2.34. The second-order valence-corrected chi connectivity index (χ2v) is 7.86. The zero-order valence-electron chi connectivity index (χ0n) is 15.8. The van der Waals surface area contributed by atoms with Crippen LogP contribution in [0.15, 0.2) is 53.3 Å². The molecule has 3 rings (SSSR count). The molecule has 0 aliphatic rings. The van der Waals surface area contributed by atoms with Crippen molar-refractivity contribution in [2.24, 2.45) is 0 Å². The molecule has 0 saturated heterocycles. The quantitative estimate of drug-likeness (QED) is 0.541. The van der Waals surface area contributed by atoms with E-state index in [4.69, 9.17) is 9.84 Å². The average molecular weight is 442 g/mol. The van der Waals surface area contributed by atoms with Gasteiger partial charge in [-0.05, 0) is 54.4 Å². The van der Waals surface area contributed by atoms with E-state index >= 15 is 0 Å². The number of halogens is 1. The van der Waals surface area contributed by atoms with Gasteiger partial charge in [-0.25, -0.2) is 14.8 Å². The van der Waals surface area contributed by atoms with Crippen molar-refractivity contribution < 1.29 is 14.6 Å². The van der Waals surface area contributed by atoms with Gasteiger partial charge in [-0.1, -0.05) is 24.3 Å². The lowest BCUT2D eigenvalue weighted by atomic mass is 9.99. The van der Waals surface area contributed by atoms with Crippen LogP contribution in [0.3, 0.4) is 0 Å². The number of hydrogen-bond acceptors (Lipinski definition) is 5. The highest BCUT2D eigenvalue weighted by Gasteiger charge is 2.25. The van der Waals surface area contributed by atoms with E-state index in [-0.39, 0.29) is 6.42 Å². The Morgan fingerprint density at radius 3 is 2.54 bits per heavy atom. The van der Waals surface area contributed by atoms with Gasteiger partial charge in [0, 0.05) is 29.9 Å². The lowest BCUT2D eigenvalue weighted by molar-refractivity contribution is 0.00323. The maximum atomic E-state index is 10.9. The molecule has 28 heavy (non-hydrogen) atoms. The molecule has 0 radical (unpaired) electrons. The minimum Gasteiger partial charge on any atom is -0.450 e. The predicted octanol–water partition coefficient (Wildman–Crippen LogP) is 5.29. The zero-order valence-corrected chi connectivity index (χ0v) is 17.4. The minimum atomic E-state index is -1.32. The van der Waals surface area contributed by atoms with E-state index in [0.717, 1.165) is 26.9 Å². The van der Waals surface area contributed by atoms with Gasteiger partial charge < -0.3 is 9.84 Å². The molecule has 0 unspecified atom stereocenters. The lowest BCUT2D eigenvalue weighted by Gasteiger charge is -2.22. The number of aryl methyl sites for hydroxylation is 1. The van der Waals surface area contributed by atoms with Gasteiger partial charge in [-0.15, -0.1) is 0 Å². The Kier molecular flexibility index (Phi) is 5.74. The van der Waals surface area contributed by atoms with Crippen molar-refractivity contribution in [2.45, 2.75) is 32.8 Å². The SMILES string of the molecule is Cc1ccccc1-c1ncccc1-c1nc(CC(C)(C)OC(=O)O)ncc1Br. The predicted molar refractivity (Wildman–Crippen MR) is 110 cm³/mol. The second-order valence-electron chi connectivity index (χ2n) is 7.00. The molecule has 6 nitrogen and oxygen atoms in total. The molecule has 1 N–H and O–H groups in total. The van der Waals surface area contributed by atoms with Crippen molar-refractivity contribution >= 4 is 22.1 Å². The third-order valence-corrected chi connectivity index (χ3v) is 4.78. The van der Waals surface area contributed by atoms with Crippen LogP contribution in [0.2, 0.25) is 0 Å². The first-order valence-corrected chi connectivity index (χ1v) is 9.51. The van der Waals surface area contributed by atoms with E-state index in [1.807, 2.05) is 43.3 Å². The first-order valence-electron chi connectivity index (χ1n) is 8.71. The van der Waals surface area contributed by atoms with Crippen molar-refractivity contribution in [3.8, 4) is 22.5 Å². The van der Waals surface area contributed by atoms with Crippen molar-refractivity contribution in [1.29, 1.82) is 0 Å². The molecule has 2 aromatic heterocycles. The van der Waals surface area contributed by atoms with Gasteiger partial charge in [0.1, 0.15) is 11.4 Å². The number of ether oxygens (including phenoxy) is 1. The number of nitrogens with zero attached hydrogens (tertiary/aromatic N) is 3. The van der Waals surface area contributed by atoms with Gasteiger partial charge in [0.2, 0.25) is 0 Å². The molecule has 0 aliphatic carbocycles. The van der Waals surface area contributed by atoms with Crippen molar-refractivity contribution in [2.75, 3.05) is 0 Å². The maximum Gasteiger partial charge on any atom is 0.506 e. The van der Waals surface area contributed by atoms with Gasteiger partial charge in [0.25, 0.3) is 0 Å². The Labute approximate surface area is 171 Å². The molecule has 0 fully saturated rings. The van der Waals surface area contributed by atoms with E-state index in [9.17, 15) is 4.79 Å². The van der Waals surface area contributed by atoms with Crippen LogP contribution in [0.25, 0.3) is 22.5 Å². The molecule has 0 aliphatic heterocycles. The number of carbonyl (C=O) groups is 1. The summed E-state index contributed by atoms with van der Waals surface area (Å²) in [5.74, 6) is 0.490. The fraction of sp³-hybridized carbons (Fsp3) is 0.238. The van der Waals surface area contributed by atoms with Crippen LogP contribution in [0.4, 0.5) is 4.79 Å². The van der Waals surface area contributed by atoms with Gasteiger partial charge in [-0.3, -0.25) is 4.98 Å². The first kappa shape index (κ1) is 19.9. The van der Waals surface area contributed by atoms with E-state index < -0.39 is 11.8 Å². The largest absolute Gasteiger partial charge is 0.506 e. The smallest absolute Gasteiger partial charge is 0.450 e. The molecule has 1 aromatic carbocycles. The summed E-state index contributed by atoms with van der Waals surface area (Å²) in [7, 11) is 0. The fourth-order valence-electron chi connectivity index (χ4n) is 2.98. The van der Waals surface area contributed by atoms with Crippen LogP contribution in [0.5, 0.6) is 0 Å². The molecule has 144 valence electrons. The van der Waals surface area contributed by atoms with Gasteiger partial charge in [0.05, 0.1) is 15.9 Å². The topological polar surface area (TPSA) is 85.2 Å². The molecule has 2 heterocycles. The number of rotatable bonds is 5. The van der Waals surface area contributed by atoms with Crippen LogP contribution < -0.4 is 0 Å². The standard InChI is InChI=1S/C21H20BrN3O3/c1-13-7-4-5-8-14(13)18-15(9-6-10-23-18)19-16(22)12-24-17(25-19)11-21(2,3)28-20(26)27/h4-10,12H,11H2,1-3H3,(H,26,27). The summed E-state index contributed by atoms with van der Waals surface area (Å²) in [5.41, 5.74) is 3.59. The van der Waals surface area contributed by atoms with E-state index in [0.29, 0.717) is 11.5 Å². The molecular weight excluding hydrogens is 422 g/mol. The normalized spacial score (nSPS) is 11.3. The second kappa shape index (κ2) is 8.06. The summed E-state index contributed by atoms with van der Waals surface area (Å²) in [6, 6.07) is 11.9. The molecule has 0 bridgehead atoms. The molecule has 0 spiro atoms. The number of benzene rings is 1. The van der Waals surface area contributed by atoms with Crippen LogP contribution in [0, 0.1) is 6.92 Å². The lowest BCUT2D eigenvalue weighted by Crippen LogP contribution is -2.30. The first-order chi connectivity index (χ1) is 13.3. The summed E-state index contributed by atoms with van der Waals surface area (Å²) in [6.45, 7) is 5.42. The van der Waals surface area contributed by atoms with Crippen LogP contribution in [-0.4, -0.2) is 31.8 Å².